The molecule has 1 saturated heterocycles. The fourth-order valence-electron chi connectivity index (χ4n) is 3.60. The summed E-state index contributed by atoms with van der Waals surface area (Å²) in [5.74, 6) is 0. The summed E-state index contributed by atoms with van der Waals surface area (Å²) in [4.78, 5) is 19.2. The Morgan fingerprint density at radius 1 is 1.10 bits per heavy atom. The first-order valence-electron chi connectivity index (χ1n) is 9.72. The molecule has 0 amide bonds. The molecule has 0 bridgehead atoms. The molecule has 0 aliphatic carbocycles. The zero-order valence-electron chi connectivity index (χ0n) is 17.1. The highest BCUT2D eigenvalue weighted by molar-refractivity contribution is 5.43. The predicted octanol–water partition coefficient (Wildman–Crippen LogP) is 1.50. The molecule has 1 aliphatic rings. The average Bonchev–Trinajstić information content (AvgIpc) is 3.04. The summed E-state index contributed by atoms with van der Waals surface area (Å²) in [6.07, 6.45) is 3.72. The van der Waals surface area contributed by atoms with Crippen molar-refractivity contribution in [2.45, 2.75) is 46.4 Å². The number of aromatic nitrogens is 6. The van der Waals surface area contributed by atoms with Crippen LogP contribution in [0.2, 0.25) is 0 Å². The fraction of sp³-hybridized carbons (Fsp3) is 0.450. The van der Waals surface area contributed by atoms with Crippen LogP contribution in [0.4, 0.5) is 5.69 Å². The van der Waals surface area contributed by atoms with E-state index >= 15 is 0 Å². The van der Waals surface area contributed by atoms with Gasteiger partial charge in [-0.1, -0.05) is 5.21 Å². The molecule has 3 aromatic rings. The van der Waals surface area contributed by atoms with E-state index in [-0.39, 0.29) is 24.3 Å². The fourth-order valence-corrected chi connectivity index (χ4v) is 3.60. The lowest BCUT2D eigenvalue weighted by Crippen LogP contribution is -2.46. The Kier molecular flexibility index (Phi) is 5.14. The molecular weight excluding hydrogens is 370 g/mol. The van der Waals surface area contributed by atoms with Crippen LogP contribution in [0, 0.1) is 13.8 Å². The number of anilines is 1. The van der Waals surface area contributed by atoms with Crippen LogP contribution in [0.5, 0.6) is 0 Å². The second-order valence-electron chi connectivity index (χ2n) is 7.56. The lowest BCUT2D eigenvalue weighted by Gasteiger charge is -2.36. The first-order chi connectivity index (χ1) is 13.9. The number of morpholine rings is 1. The van der Waals surface area contributed by atoms with Crippen LogP contribution in [-0.2, 0) is 11.3 Å². The largest absolute Gasteiger partial charge is 0.372 e. The molecule has 3 aromatic heterocycles. The van der Waals surface area contributed by atoms with Gasteiger partial charge >= 0.3 is 0 Å². The molecule has 152 valence electrons. The van der Waals surface area contributed by atoms with Crippen molar-refractivity contribution in [1.82, 2.24) is 29.8 Å². The molecule has 0 unspecified atom stereocenters. The van der Waals surface area contributed by atoms with Gasteiger partial charge in [-0.15, -0.1) is 5.10 Å². The third-order valence-electron chi connectivity index (χ3n) is 5.04. The Balaban J connectivity index is 1.60. The molecule has 0 radical (unpaired) electrons. The van der Waals surface area contributed by atoms with E-state index in [4.69, 9.17) is 4.74 Å². The number of ether oxygens (including phenoxy) is 1. The van der Waals surface area contributed by atoms with E-state index in [1.54, 1.807) is 23.1 Å². The third-order valence-corrected chi connectivity index (χ3v) is 5.04. The highest BCUT2D eigenvalue weighted by atomic mass is 16.5. The smallest absolute Gasteiger partial charge is 0.269 e. The molecule has 0 aromatic carbocycles. The van der Waals surface area contributed by atoms with Crippen LogP contribution in [-0.4, -0.2) is 55.1 Å². The summed E-state index contributed by atoms with van der Waals surface area (Å²) in [6.45, 7) is 9.64. The van der Waals surface area contributed by atoms with Crippen LogP contribution < -0.4 is 10.5 Å². The monoisotopic (exact) mass is 395 g/mol. The molecule has 9 nitrogen and oxygen atoms in total. The number of rotatable bonds is 4. The first-order valence-corrected chi connectivity index (χ1v) is 9.72. The summed E-state index contributed by atoms with van der Waals surface area (Å²) in [5, 5.41) is 12.8. The standard InChI is InChI=1S/C20H25N7O2/c1-13-5-6-17(8-21-13)27-19(16(4)23-24-27)12-26-20(28)7-18(9-22-26)25-10-14(2)29-15(3)11-25/h5-9,14-15H,10-12H2,1-4H3/t14-,15+. The van der Waals surface area contributed by atoms with E-state index in [1.807, 2.05) is 39.8 Å². The summed E-state index contributed by atoms with van der Waals surface area (Å²) in [6, 6.07) is 5.48. The van der Waals surface area contributed by atoms with Gasteiger partial charge in [-0.3, -0.25) is 9.78 Å². The van der Waals surface area contributed by atoms with Gasteiger partial charge in [0.1, 0.15) is 0 Å². The van der Waals surface area contributed by atoms with Crippen molar-refractivity contribution in [3.05, 3.63) is 58.0 Å². The second kappa shape index (κ2) is 7.75. The number of hydrogen-bond donors (Lipinski definition) is 0. The highest BCUT2D eigenvalue weighted by Crippen LogP contribution is 2.18. The maximum atomic E-state index is 12.8. The molecule has 4 rings (SSSR count). The van der Waals surface area contributed by atoms with Gasteiger partial charge in [0.25, 0.3) is 5.56 Å². The normalized spacial score (nSPS) is 19.5. The van der Waals surface area contributed by atoms with E-state index in [9.17, 15) is 4.79 Å². The minimum Gasteiger partial charge on any atom is -0.372 e. The van der Waals surface area contributed by atoms with Crippen LogP contribution >= 0.6 is 0 Å². The van der Waals surface area contributed by atoms with Gasteiger partial charge in [0.15, 0.2) is 0 Å². The minimum absolute atomic E-state index is 0.118. The zero-order chi connectivity index (χ0) is 20.5. The van der Waals surface area contributed by atoms with E-state index < -0.39 is 0 Å². The summed E-state index contributed by atoms with van der Waals surface area (Å²) < 4.78 is 8.91. The van der Waals surface area contributed by atoms with Gasteiger partial charge in [0.2, 0.25) is 0 Å². The predicted molar refractivity (Wildman–Crippen MR) is 108 cm³/mol. The zero-order valence-corrected chi connectivity index (χ0v) is 17.1. The van der Waals surface area contributed by atoms with Crippen LogP contribution in [0.15, 0.2) is 35.4 Å². The molecule has 9 heteroatoms. The Morgan fingerprint density at radius 2 is 1.86 bits per heavy atom. The maximum Gasteiger partial charge on any atom is 0.269 e. The van der Waals surface area contributed by atoms with Gasteiger partial charge < -0.3 is 9.64 Å². The quantitative estimate of drug-likeness (QED) is 0.661. The molecule has 0 spiro atoms. The lowest BCUT2D eigenvalue weighted by molar-refractivity contribution is -0.00525. The van der Waals surface area contributed by atoms with Crippen molar-refractivity contribution in [1.29, 1.82) is 0 Å². The number of hydrogen-bond acceptors (Lipinski definition) is 7. The topological polar surface area (TPSA) is 91.0 Å². The number of nitrogens with zero attached hydrogens (tertiary/aromatic N) is 7. The third kappa shape index (κ3) is 4.04. The van der Waals surface area contributed by atoms with Gasteiger partial charge in [-0.25, -0.2) is 9.36 Å². The second-order valence-corrected chi connectivity index (χ2v) is 7.56. The van der Waals surface area contributed by atoms with Gasteiger partial charge in [0, 0.05) is 24.8 Å². The van der Waals surface area contributed by atoms with E-state index in [1.165, 1.54) is 4.68 Å². The van der Waals surface area contributed by atoms with Crippen molar-refractivity contribution in [2.24, 2.45) is 0 Å². The van der Waals surface area contributed by atoms with E-state index in [0.29, 0.717) is 0 Å². The first kappa shape index (κ1) is 19.3. The maximum absolute atomic E-state index is 12.8. The average molecular weight is 395 g/mol. The molecule has 0 saturated carbocycles. The van der Waals surface area contributed by atoms with Crippen LogP contribution in [0.25, 0.3) is 5.69 Å². The summed E-state index contributed by atoms with van der Waals surface area (Å²) >= 11 is 0. The van der Waals surface area contributed by atoms with Crippen molar-refractivity contribution >= 4 is 5.69 Å². The molecule has 1 fully saturated rings. The van der Waals surface area contributed by atoms with E-state index in [0.717, 1.165) is 41.5 Å². The van der Waals surface area contributed by atoms with E-state index in [2.05, 4.69) is 25.3 Å². The van der Waals surface area contributed by atoms with Gasteiger partial charge in [-0.2, -0.15) is 5.10 Å². The minimum atomic E-state index is -0.163. The van der Waals surface area contributed by atoms with Crippen molar-refractivity contribution in [3.8, 4) is 5.69 Å². The summed E-state index contributed by atoms with van der Waals surface area (Å²) in [7, 11) is 0. The summed E-state index contributed by atoms with van der Waals surface area (Å²) in [5.41, 5.74) is 3.92. The Hall–Kier alpha value is -3.07. The van der Waals surface area contributed by atoms with Crippen LogP contribution in [0.3, 0.4) is 0 Å². The molecule has 4 heterocycles. The molecule has 29 heavy (non-hydrogen) atoms. The number of pyridine rings is 1. The molecule has 2 atom stereocenters. The highest BCUT2D eigenvalue weighted by Gasteiger charge is 2.23. The van der Waals surface area contributed by atoms with Crippen molar-refractivity contribution in [2.75, 3.05) is 18.0 Å². The lowest BCUT2D eigenvalue weighted by atomic mass is 10.2. The Morgan fingerprint density at radius 3 is 2.52 bits per heavy atom. The van der Waals surface area contributed by atoms with Crippen molar-refractivity contribution in [3.63, 3.8) is 0 Å². The SMILES string of the molecule is Cc1ccc(-n2nnc(C)c2Cn2ncc(N3C[C@@H](C)O[C@@H](C)C3)cc2=O)cn1. The molecule has 1 aliphatic heterocycles. The Bertz CT molecular complexity index is 1050. The van der Waals surface area contributed by atoms with Crippen LogP contribution in [0.1, 0.15) is 30.9 Å². The van der Waals surface area contributed by atoms with Crippen molar-refractivity contribution < 1.29 is 4.74 Å². The number of aryl methyl sites for hydroxylation is 2. The molecule has 0 N–H and O–H groups in total. The Labute approximate surface area is 168 Å². The molecular formula is C20H25N7O2. The van der Waals surface area contributed by atoms with Gasteiger partial charge in [0.05, 0.1) is 53.9 Å². The van der Waals surface area contributed by atoms with Gasteiger partial charge in [-0.05, 0) is 39.8 Å².